The van der Waals surface area contributed by atoms with E-state index in [-0.39, 0.29) is 17.4 Å². The fourth-order valence-corrected chi connectivity index (χ4v) is 5.20. The first-order chi connectivity index (χ1) is 13.5. The Balaban J connectivity index is 1.60. The molecular weight excluding hydrogens is 380 g/mol. The van der Waals surface area contributed by atoms with E-state index in [1.54, 1.807) is 11.3 Å². The first-order valence-corrected chi connectivity index (χ1v) is 11.2. The van der Waals surface area contributed by atoms with Gasteiger partial charge in [0.15, 0.2) is 0 Å². The van der Waals surface area contributed by atoms with Crippen LogP contribution in [0.25, 0.3) is 21.6 Å². The van der Waals surface area contributed by atoms with E-state index in [0.717, 1.165) is 39.3 Å². The molecule has 0 saturated carbocycles. The average molecular weight is 413 g/mol. The van der Waals surface area contributed by atoms with Crippen molar-refractivity contribution in [2.24, 2.45) is 10.8 Å². The van der Waals surface area contributed by atoms with Gasteiger partial charge in [-0.25, -0.2) is 0 Å². The molecule has 5 nitrogen and oxygen atoms in total. The molecule has 0 spiro atoms. The molecule has 2 N–H and O–H groups in total. The number of rotatable bonds is 3. The summed E-state index contributed by atoms with van der Waals surface area (Å²) in [5, 5.41) is 7.88. The van der Waals surface area contributed by atoms with Crippen LogP contribution >= 0.6 is 11.3 Å². The highest BCUT2D eigenvalue weighted by molar-refractivity contribution is 7.20. The van der Waals surface area contributed by atoms with Crippen LogP contribution in [0, 0.1) is 10.8 Å². The van der Waals surface area contributed by atoms with E-state index < -0.39 is 0 Å². The Kier molecular flexibility index (Phi) is 4.69. The first-order valence-electron chi connectivity index (χ1n) is 10.4. The minimum absolute atomic E-state index is 0.0450. The highest BCUT2D eigenvalue weighted by Gasteiger charge is 2.30. The zero-order chi connectivity index (χ0) is 21.1. The van der Waals surface area contributed by atoms with Crippen LogP contribution in [-0.4, -0.2) is 39.1 Å². The van der Waals surface area contributed by atoms with Gasteiger partial charge in [-0.2, -0.15) is 5.10 Å². The predicted molar refractivity (Wildman–Crippen MR) is 121 cm³/mol. The van der Waals surface area contributed by atoms with E-state index in [4.69, 9.17) is 0 Å². The maximum atomic E-state index is 13.0. The van der Waals surface area contributed by atoms with Crippen molar-refractivity contribution in [3.05, 3.63) is 28.3 Å². The average Bonchev–Trinajstić information content (AvgIpc) is 3.29. The molecule has 29 heavy (non-hydrogen) atoms. The monoisotopic (exact) mass is 412 g/mol. The summed E-state index contributed by atoms with van der Waals surface area (Å²) in [5.41, 5.74) is 6.07. The quantitative estimate of drug-likeness (QED) is 0.584. The molecule has 0 radical (unpaired) electrons. The van der Waals surface area contributed by atoms with Gasteiger partial charge in [0, 0.05) is 24.3 Å². The lowest BCUT2D eigenvalue weighted by molar-refractivity contribution is 0.0634. The SMILES string of the molecule is C[C@H](N(C)C(=O)c1cc2[nH]c(-c3n[nH]c4c3CCC(C)(C)C4)cc2s1)C(C)(C)C. The second-order valence-electron chi connectivity index (χ2n) is 10.4. The van der Waals surface area contributed by atoms with Crippen LogP contribution in [0.1, 0.15) is 68.9 Å². The Morgan fingerprint density at radius 3 is 2.69 bits per heavy atom. The lowest BCUT2D eigenvalue weighted by atomic mass is 9.76. The molecule has 3 aromatic heterocycles. The molecule has 156 valence electrons. The van der Waals surface area contributed by atoms with Crippen molar-refractivity contribution in [2.75, 3.05) is 7.05 Å². The van der Waals surface area contributed by atoms with Crippen LogP contribution in [0.15, 0.2) is 12.1 Å². The van der Waals surface area contributed by atoms with Gasteiger partial charge in [-0.3, -0.25) is 9.89 Å². The van der Waals surface area contributed by atoms with E-state index in [1.807, 2.05) is 18.0 Å². The van der Waals surface area contributed by atoms with Crippen LogP contribution < -0.4 is 0 Å². The number of aromatic amines is 2. The Labute approximate surface area is 176 Å². The molecule has 1 aliphatic rings. The van der Waals surface area contributed by atoms with Crippen molar-refractivity contribution in [1.82, 2.24) is 20.1 Å². The summed E-state index contributed by atoms with van der Waals surface area (Å²) < 4.78 is 1.10. The van der Waals surface area contributed by atoms with E-state index in [9.17, 15) is 4.79 Å². The van der Waals surface area contributed by atoms with Crippen LogP contribution in [0.2, 0.25) is 0 Å². The number of thiophene rings is 1. The molecule has 1 aliphatic carbocycles. The van der Waals surface area contributed by atoms with E-state index in [1.165, 1.54) is 17.7 Å². The lowest BCUT2D eigenvalue weighted by Gasteiger charge is -2.35. The zero-order valence-corrected chi connectivity index (χ0v) is 19.4. The number of carbonyl (C=O) groups excluding carboxylic acids is 1. The number of aromatic nitrogens is 3. The molecular formula is C23H32N4OS. The Morgan fingerprint density at radius 1 is 1.31 bits per heavy atom. The van der Waals surface area contributed by atoms with Gasteiger partial charge in [-0.15, -0.1) is 11.3 Å². The zero-order valence-electron chi connectivity index (χ0n) is 18.6. The van der Waals surface area contributed by atoms with Gasteiger partial charge in [0.2, 0.25) is 0 Å². The van der Waals surface area contributed by atoms with Gasteiger partial charge in [0.05, 0.1) is 20.8 Å². The summed E-state index contributed by atoms with van der Waals surface area (Å²) in [7, 11) is 1.90. The number of nitrogens with one attached hydrogen (secondary N) is 2. The highest BCUT2D eigenvalue weighted by atomic mass is 32.1. The Hall–Kier alpha value is -2.08. The summed E-state index contributed by atoms with van der Waals surface area (Å²) in [6.45, 7) is 13.2. The summed E-state index contributed by atoms with van der Waals surface area (Å²) in [6.07, 6.45) is 3.28. The van der Waals surface area contributed by atoms with Crippen molar-refractivity contribution in [2.45, 2.75) is 66.8 Å². The Bertz CT molecular complexity index is 1030. The topological polar surface area (TPSA) is 64.8 Å². The molecule has 0 aliphatic heterocycles. The summed E-state index contributed by atoms with van der Waals surface area (Å²) >= 11 is 1.56. The number of carbonyl (C=O) groups is 1. The normalized spacial score (nSPS) is 17.3. The second-order valence-corrected chi connectivity index (χ2v) is 11.5. The third-order valence-corrected chi connectivity index (χ3v) is 7.66. The summed E-state index contributed by atoms with van der Waals surface area (Å²) in [4.78, 5) is 19.1. The van der Waals surface area contributed by atoms with Crippen molar-refractivity contribution < 1.29 is 4.79 Å². The van der Waals surface area contributed by atoms with Gasteiger partial charge in [0.1, 0.15) is 5.69 Å². The summed E-state index contributed by atoms with van der Waals surface area (Å²) in [6, 6.07) is 4.28. The van der Waals surface area contributed by atoms with Crippen LogP contribution in [-0.2, 0) is 12.8 Å². The lowest BCUT2D eigenvalue weighted by Crippen LogP contribution is -2.42. The van der Waals surface area contributed by atoms with Gasteiger partial charge in [-0.05, 0) is 49.1 Å². The van der Waals surface area contributed by atoms with Crippen molar-refractivity contribution >= 4 is 27.5 Å². The molecule has 0 saturated heterocycles. The standard InChI is InChI=1S/C23H32N4OS/c1-13(22(2,3)4)27(7)21(28)19-10-15-18(29-19)11-16(24-15)20-14-8-9-23(5,6)12-17(14)25-26-20/h10-11,13,24H,8-9,12H2,1-7H3,(H,25,26)/t13-/m0/s1. The van der Waals surface area contributed by atoms with Crippen molar-refractivity contribution in [3.63, 3.8) is 0 Å². The van der Waals surface area contributed by atoms with Gasteiger partial charge in [-0.1, -0.05) is 34.6 Å². The first kappa shape index (κ1) is 20.2. The fourth-order valence-electron chi connectivity index (χ4n) is 4.16. The number of amides is 1. The van der Waals surface area contributed by atoms with Gasteiger partial charge >= 0.3 is 0 Å². The molecule has 3 heterocycles. The fraction of sp³-hybridized carbons (Fsp3) is 0.565. The molecule has 0 unspecified atom stereocenters. The molecule has 3 aromatic rings. The van der Waals surface area contributed by atoms with Crippen LogP contribution in [0.3, 0.4) is 0 Å². The number of H-pyrrole nitrogens is 2. The maximum absolute atomic E-state index is 13.0. The number of nitrogens with zero attached hydrogens (tertiary/aromatic N) is 2. The molecule has 1 atom stereocenters. The minimum Gasteiger partial charge on any atom is -0.352 e. The van der Waals surface area contributed by atoms with Gasteiger partial charge < -0.3 is 9.88 Å². The largest absolute Gasteiger partial charge is 0.352 e. The third-order valence-electron chi connectivity index (χ3n) is 6.59. The summed E-state index contributed by atoms with van der Waals surface area (Å²) in [5.74, 6) is 0.0861. The van der Waals surface area contributed by atoms with E-state index >= 15 is 0 Å². The van der Waals surface area contributed by atoms with Gasteiger partial charge in [0.25, 0.3) is 5.91 Å². The third kappa shape index (κ3) is 3.63. The maximum Gasteiger partial charge on any atom is 0.264 e. The number of hydrogen-bond acceptors (Lipinski definition) is 3. The smallest absolute Gasteiger partial charge is 0.264 e. The minimum atomic E-state index is 0.0450. The number of hydrogen-bond donors (Lipinski definition) is 2. The highest BCUT2D eigenvalue weighted by Crippen LogP contribution is 2.39. The molecule has 0 bridgehead atoms. The predicted octanol–water partition coefficient (Wildman–Crippen LogP) is 5.64. The second kappa shape index (κ2) is 6.73. The molecule has 0 aromatic carbocycles. The molecule has 1 amide bonds. The van der Waals surface area contributed by atoms with Crippen LogP contribution in [0.5, 0.6) is 0 Å². The number of fused-ring (bicyclic) bond motifs is 2. The van der Waals surface area contributed by atoms with Crippen LogP contribution in [0.4, 0.5) is 0 Å². The van der Waals surface area contributed by atoms with E-state index in [0.29, 0.717) is 5.41 Å². The molecule has 0 fully saturated rings. The Morgan fingerprint density at radius 2 is 2.03 bits per heavy atom. The molecule has 6 heteroatoms. The van der Waals surface area contributed by atoms with Crippen molar-refractivity contribution in [3.8, 4) is 11.4 Å². The molecule has 4 rings (SSSR count). The van der Waals surface area contributed by atoms with E-state index in [2.05, 4.69) is 62.8 Å². The van der Waals surface area contributed by atoms with Crippen molar-refractivity contribution in [1.29, 1.82) is 0 Å².